The lowest BCUT2D eigenvalue weighted by Gasteiger charge is -2.25. The highest BCUT2D eigenvalue weighted by atomic mass is 32.1. The predicted molar refractivity (Wildman–Crippen MR) is 96.5 cm³/mol. The summed E-state index contributed by atoms with van der Waals surface area (Å²) in [6.07, 6.45) is 1.58. The molecule has 5 nitrogen and oxygen atoms in total. The van der Waals surface area contributed by atoms with E-state index >= 15 is 0 Å². The average molecular weight is 364 g/mol. The maximum absolute atomic E-state index is 12.7. The fourth-order valence-corrected chi connectivity index (χ4v) is 4.76. The number of aromatic nitrogens is 1. The van der Waals surface area contributed by atoms with Crippen molar-refractivity contribution in [3.05, 3.63) is 38.0 Å². The van der Waals surface area contributed by atoms with Crippen LogP contribution in [0.4, 0.5) is 0 Å². The van der Waals surface area contributed by atoms with Gasteiger partial charge in [-0.3, -0.25) is 9.59 Å². The second kappa shape index (κ2) is 7.03. The quantitative estimate of drug-likeness (QED) is 0.906. The van der Waals surface area contributed by atoms with Gasteiger partial charge in [-0.2, -0.15) is 0 Å². The second-order valence-electron chi connectivity index (χ2n) is 6.05. The van der Waals surface area contributed by atoms with Gasteiger partial charge in [-0.25, -0.2) is 4.98 Å². The Kier molecular flexibility index (Phi) is 5.01. The molecule has 1 saturated heterocycles. The molecule has 0 aromatic carbocycles. The maximum Gasteiger partial charge on any atom is 0.264 e. The van der Waals surface area contributed by atoms with E-state index in [0.29, 0.717) is 11.4 Å². The molecule has 1 N–H and O–H groups in total. The number of amides is 2. The summed E-state index contributed by atoms with van der Waals surface area (Å²) in [7, 11) is 0. The van der Waals surface area contributed by atoms with Crippen LogP contribution >= 0.6 is 22.7 Å². The van der Waals surface area contributed by atoms with Gasteiger partial charge in [-0.1, -0.05) is 6.07 Å². The van der Waals surface area contributed by atoms with Gasteiger partial charge in [0.15, 0.2) is 0 Å². The molecule has 2 atom stereocenters. The van der Waals surface area contributed by atoms with Crippen LogP contribution in [0.1, 0.15) is 51.1 Å². The SMILES string of the molecule is Cc1nc(C)c([C@@H](C)NC(=O)[C@@H]2CCCN2C(=O)c2cccs2)s1. The van der Waals surface area contributed by atoms with Crippen LogP contribution in [0.15, 0.2) is 17.5 Å². The highest BCUT2D eigenvalue weighted by Gasteiger charge is 2.35. The Hall–Kier alpha value is -1.73. The minimum absolute atomic E-state index is 0.0416. The van der Waals surface area contributed by atoms with E-state index in [0.717, 1.165) is 28.4 Å². The van der Waals surface area contributed by atoms with E-state index < -0.39 is 0 Å². The van der Waals surface area contributed by atoms with E-state index in [9.17, 15) is 9.59 Å². The number of thiophene rings is 1. The highest BCUT2D eigenvalue weighted by Crippen LogP contribution is 2.26. The van der Waals surface area contributed by atoms with Gasteiger partial charge < -0.3 is 10.2 Å². The largest absolute Gasteiger partial charge is 0.347 e. The number of rotatable bonds is 4. The van der Waals surface area contributed by atoms with Gasteiger partial charge in [0.1, 0.15) is 6.04 Å². The summed E-state index contributed by atoms with van der Waals surface area (Å²) < 4.78 is 0. The Morgan fingerprint density at radius 3 is 2.83 bits per heavy atom. The number of hydrogen-bond donors (Lipinski definition) is 1. The molecule has 1 aliphatic heterocycles. The van der Waals surface area contributed by atoms with E-state index in [-0.39, 0.29) is 23.9 Å². The van der Waals surface area contributed by atoms with Crippen molar-refractivity contribution in [2.75, 3.05) is 6.54 Å². The van der Waals surface area contributed by atoms with Gasteiger partial charge in [0.2, 0.25) is 5.91 Å². The smallest absolute Gasteiger partial charge is 0.264 e. The van der Waals surface area contributed by atoms with Crippen molar-refractivity contribution in [3.8, 4) is 0 Å². The molecular weight excluding hydrogens is 342 g/mol. The molecule has 3 rings (SSSR count). The van der Waals surface area contributed by atoms with E-state index in [4.69, 9.17) is 0 Å². The van der Waals surface area contributed by atoms with Crippen LogP contribution in [0.2, 0.25) is 0 Å². The molecule has 2 aromatic heterocycles. The van der Waals surface area contributed by atoms with Crippen LogP contribution in [0.25, 0.3) is 0 Å². The first-order valence-electron chi connectivity index (χ1n) is 8.06. The molecule has 0 aliphatic carbocycles. The molecule has 2 aromatic rings. The Balaban J connectivity index is 1.69. The van der Waals surface area contributed by atoms with Crippen LogP contribution in [0.5, 0.6) is 0 Å². The molecule has 0 unspecified atom stereocenters. The predicted octanol–water partition coefficient (Wildman–Crippen LogP) is 3.30. The molecule has 0 spiro atoms. The van der Waals surface area contributed by atoms with Gasteiger partial charge in [-0.15, -0.1) is 22.7 Å². The summed E-state index contributed by atoms with van der Waals surface area (Å²) >= 11 is 3.02. The third-order valence-corrected chi connectivity index (χ3v) is 6.35. The van der Waals surface area contributed by atoms with Crippen LogP contribution in [-0.2, 0) is 4.79 Å². The third-order valence-electron chi connectivity index (χ3n) is 4.24. The van der Waals surface area contributed by atoms with Crippen LogP contribution in [-0.4, -0.2) is 34.3 Å². The molecule has 7 heteroatoms. The second-order valence-corrected chi connectivity index (χ2v) is 8.23. The Labute approximate surface area is 149 Å². The van der Waals surface area contributed by atoms with Gasteiger partial charge in [0, 0.05) is 11.4 Å². The summed E-state index contributed by atoms with van der Waals surface area (Å²) in [4.78, 5) is 33.2. The number of aryl methyl sites for hydroxylation is 2. The van der Waals surface area contributed by atoms with E-state index in [1.165, 1.54) is 11.3 Å². The van der Waals surface area contributed by atoms with Crippen molar-refractivity contribution in [2.24, 2.45) is 0 Å². The Morgan fingerprint density at radius 1 is 1.42 bits per heavy atom. The maximum atomic E-state index is 12.7. The van der Waals surface area contributed by atoms with Crippen molar-refractivity contribution >= 4 is 34.5 Å². The van der Waals surface area contributed by atoms with Gasteiger partial charge in [0.25, 0.3) is 5.91 Å². The molecule has 3 heterocycles. The lowest BCUT2D eigenvalue weighted by atomic mass is 10.1. The zero-order valence-electron chi connectivity index (χ0n) is 14.0. The zero-order chi connectivity index (χ0) is 17.3. The number of carbonyl (C=O) groups is 2. The summed E-state index contributed by atoms with van der Waals surface area (Å²) in [5, 5.41) is 5.95. The standard InChI is InChI=1S/C17H21N3O2S2/c1-10-15(24-12(3)18-10)11(2)19-16(21)13-6-4-8-20(13)17(22)14-7-5-9-23-14/h5,7,9,11,13H,4,6,8H2,1-3H3,(H,19,21)/t11-,13+/m1/s1. The minimum Gasteiger partial charge on any atom is -0.347 e. The van der Waals surface area contributed by atoms with E-state index in [1.807, 2.05) is 38.3 Å². The number of thiazole rings is 1. The molecule has 24 heavy (non-hydrogen) atoms. The van der Waals surface area contributed by atoms with Crippen LogP contribution < -0.4 is 5.32 Å². The van der Waals surface area contributed by atoms with Crippen molar-refractivity contribution in [3.63, 3.8) is 0 Å². The first kappa shape index (κ1) is 17.1. The summed E-state index contributed by atoms with van der Waals surface area (Å²) in [5.41, 5.74) is 0.961. The summed E-state index contributed by atoms with van der Waals surface area (Å²) in [5.74, 6) is -0.115. The molecule has 0 bridgehead atoms. The van der Waals surface area contributed by atoms with Gasteiger partial charge >= 0.3 is 0 Å². The van der Waals surface area contributed by atoms with Crippen molar-refractivity contribution < 1.29 is 9.59 Å². The van der Waals surface area contributed by atoms with E-state index in [2.05, 4.69) is 10.3 Å². The summed E-state index contributed by atoms with van der Waals surface area (Å²) in [6, 6.07) is 3.20. The first-order valence-corrected chi connectivity index (χ1v) is 9.75. The number of carbonyl (C=O) groups excluding carboxylic acids is 2. The number of nitrogens with one attached hydrogen (secondary N) is 1. The van der Waals surface area contributed by atoms with Gasteiger partial charge in [0.05, 0.1) is 21.6 Å². The van der Waals surface area contributed by atoms with Crippen molar-refractivity contribution in [2.45, 2.75) is 45.7 Å². The van der Waals surface area contributed by atoms with E-state index in [1.54, 1.807) is 16.2 Å². The fourth-order valence-electron chi connectivity index (χ4n) is 3.15. The molecule has 1 fully saturated rings. The summed E-state index contributed by atoms with van der Waals surface area (Å²) in [6.45, 7) is 6.54. The molecule has 0 radical (unpaired) electrons. The first-order chi connectivity index (χ1) is 11.5. The van der Waals surface area contributed by atoms with Crippen LogP contribution in [0, 0.1) is 13.8 Å². The number of likely N-dealkylation sites (tertiary alicyclic amines) is 1. The highest BCUT2D eigenvalue weighted by molar-refractivity contribution is 7.12. The van der Waals surface area contributed by atoms with Crippen molar-refractivity contribution in [1.82, 2.24) is 15.2 Å². The minimum atomic E-state index is -0.378. The topological polar surface area (TPSA) is 62.3 Å². The normalized spacial score (nSPS) is 18.6. The zero-order valence-corrected chi connectivity index (χ0v) is 15.7. The lowest BCUT2D eigenvalue weighted by molar-refractivity contribution is -0.125. The molecule has 0 saturated carbocycles. The molecule has 1 aliphatic rings. The average Bonchev–Trinajstić information content (AvgIpc) is 3.26. The Morgan fingerprint density at radius 2 is 2.21 bits per heavy atom. The monoisotopic (exact) mass is 363 g/mol. The van der Waals surface area contributed by atoms with Crippen molar-refractivity contribution in [1.29, 1.82) is 0 Å². The number of hydrogen-bond acceptors (Lipinski definition) is 5. The third kappa shape index (κ3) is 3.37. The lowest BCUT2D eigenvalue weighted by Crippen LogP contribution is -2.46. The number of nitrogens with zero attached hydrogens (tertiary/aromatic N) is 2. The molecular formula is C17H21N3O2S2. The fraction of sp³-hybridized carbons (Fsp3) is 0.471. The molecule has 128 valence electrons. The Bertz CT molecular complexity index is 739. The molecule has 2 amide bonds. The van der Waals surface area contributed by atoms with Crippen LogP contribution in [0.3, 0.4) is 0 Å². The van der Waals surface area contributed by atoms with Gasteiger partial charge in [-0.05, 0) is 45.1 Å².